The van der Waals surface area contributed by atoms with Gasteiger partial charge in [-0.1, -0.05) is 0 Å². The molecule has 0 aliphatic carbocycles. The van der Waals surface area contributed by atoms with E-state index in [0.29, 0.717) is 55.1 Å². The van der Waals surface area contributed by atoms with E-state index in [-0.39, 0.29) is 6.04 Å². The lowest BCUT2D eigenvalue weighted by Gasteiger charge is -2.25. The second-order valence-corrected chi connectivity index (χ2v) is 9.10. The van der Waals surface area contributed by atoms with Crippen molar-refractivity contribution in [1.82, 2.24) is 19.9 Å². The topological polar surface area (TPSA) is 140 Å². The van der Waals surface area contributed by atoms with Crippen LogP contribution in [0, 0.1) is 0 Å². The van der Waals surface area contributed by atoms with E-state index in [1.807, 2.05) is 24.3 Å². The molecule has 0 aliphatic heterocycles. The van der Waals surface area contributed by atoms with Crippen molar-refractivity contribution in [3.05, 3.63) is 42.9 Å². The largest absolute Gasteiger partial charge is 0.493 e. The number of ether oxygens (including phenoxy) is 5. The van der Waals surface area contributed by atoms with Gasteiger partial charge in [-0.25, -0.2) is 4.98 Å². The number of aromatic nitrogens is 3. The molecule has 1 atom stereocenters. The fraction of sp³-hybridized carbons (Fsp3) is 0.393. The maximum absolute atomic E-state index is 6.37. The molecule has 4 N–H and O–H groups in total. The first-order valence-electron chi connectivity index (χ1n) is 12.6. The normalized spacial score (nSPS) is 12.3. The third kappa shape index (κ3) is 6.82. The Bertz CT molecular complexity index is 1390. The van der Waals surface area contributed by atoms with E-state index >= 15 is 0 Å². The van der Waals surface area contributed by atoms with Gasteiger partial charge in [-0.05, 0) is 23.6 Å². The van der Waals surface area contributed by atoms with Gasteiger partial charge in [-0.3, -0.25) is 14.9 Å². The van der Waals surface area contributed by atoms with Crippen LogP contribution < -0.4 is 25.7 Å². The minimum absolute atomic E-state index is 0.206. The number of hydrogen-bond donors (Lipinski definition) is 2. The van der Waals surface area contributed by atoms with Crippen LogP contribution in [0.1, 0.15) is 0 Å². The zero-order valence-corrected chi connectivity index (χ0v) is 22.8. The van der Waals surface area contributed by atoms with Crippen LogP contribution in [-0.2, 0) is 9.47 Å². The molecule has 0 saturated heterocycles. The Morgan fingerprint density at radius 2 is 1.56 bits per heavy atom. The molecule has 0 radical (unpaired) electrons. The van der Waals surface area contributed by atoms with Gasteiger partial charge in [0.1, 0.15) is 18.2 Å². The molecular weight excluding hydrogens is 500 g/mol. The predicted octanol–water partition coefficient (Wildman–Crippen LogP) is 2.75. The Morgan fingerprint density at radius 3 is 2.26 bits per heavy atom. The van der Waals surface area contributed by atoms with Crippen molar-refractivity contribution < 1.29 is 23.7 Å². The first-order chi connectivity index (χ1) is 19.0. The van der Waals surface area contributed by atoms with Crippen molar-refractivity contribution in [2.75, 3.05) is 73.6 Å². The van der Waals surface area contributed by atoms with Crippen molar-refractivity contribution in [3.8, 4) is 28.5 Å². The minimum atomic E-state index is -0.206. The Balaban J connectivity index is 1.56. The zero-order valence-electron chi connectivity index (χ0n) is 22.8. The molecule has 0 spiro atoms. The Hall–Kier alpha value is -3.77. The van der Waals surface area contributed by atoms with Gasteiger partial charge in [0, 0.05) is 68.6 Å². The quantitative estimate of drug-likeness (QED) is 0.230. The van der Waals surface area contributed by atoms with Gasteiger partial charge in [-0.15, -0.1) is 0 Å². The lowest BCUT2D eigenvalue weighted by molar-refractivity contribution is 0.105. The average molecular weight is 537 g/mol. The molecule has 4 rings (SSSR count). The fourth-order valence-corrected chi connectivity index (χ4v) is 4.37. The number of nitrogens with two attached hydrogens (primary N) is 2. The summed E-state index contributed by atoms with van der Waals surface area (Å²) in [6.07, 6.45) is 5.10. The number of rotatable bonds is 14. The van der Waals surface area contributed by atoms with E-state index in [0.717, 1.165) is 40.3 Å². The summed E-state index contributed by atoms with van der Waals surface area (Å²) in [4.78, 5) is 15.7. The third-order valence-corrected chi connectivity index (χ3v) is 6.40. The molecule has 11 nitrogen and oxygen atoms in total. The van der Waals surface area contributed by atoms with Crippen LogP contribution in [-0.4, -0.2) is 93.8 Å². The summed E-state index contributed by atoms with van der Waals surface area (Å²) in [5.41, 5.74) is 14.9. The summed E-state index contributed by atoms with van der Waals surface area (Å²) in [5.74, 6) is 2.17. The average Bonchev–Trinajstić information content (AvgIpc) is 2.96. The van der Waals surface area contributed by atoms with E-state index < -0.39 is 0 Å². The highest BCUT2D eigenvalue weighted by atomic mass is 16.5. The van der Waals surface area contributed by atoms with E-state index in [4.69, 9.17) is 35.2 Å². The van der Waals surface area contributed by atoms with E-state index in [1.165, 1.54) is 0 Å². The molecule has 208 valence electrons. The molecule has 0 amide bonds. The van der Waals surface area contributed by atoms with Crippen LogP contribution in [0.2, 0.25) is 0 Å². The number of nitrogen functional groups attached to an aromatic ring is 1. The maximum Gasteiger partial charge on any atom is 0.162 e. The Labute approximate surface area is 228 Å². The monoisotopic (exact) mass is 536 g/mol. The molecule has 0 aliphatic rings. The van der Waals surface area contributed by atoms with Crippen molar-refractivity contribution in [1.29, 1.82) is 0 Å². The van der Waals surface area contributed by atoms with Crippen molar-refractivity contribution in [2.45, 2.75) is 6.04 Å². The molecule has 3 aromatic heterocycles. The molecule has 11 heteroatoms. The maximum atomic E-state index is 6.37. The Morgan fingerprint density at radius 1 is 0.846 bits per heavy atom. The molecule has 0 fully saturated rings. The summed E-state index contributed by atoms with van der Waals surface area (Å²) in [6, 6.07) is 7.39. The zero-order chi connectivity index (χ0) is 27.8. The molecule has 0 saturated carbocycles. The highest BCUT2D eigenvalue weighted by Crippen LogP contribution is 2.37. The first kappa shape index (κ1) is 28.2. The second-order valence-electron chi connectivity index (χ2n) is 9.10. The van der Waals surface area contributed by atoms with Crippen LogP contribution >= 0.6 is 0 Å². The SMILES string of the molecule is COCCN(CCOC)C[C@H](N)COc1cncc(-c2cc3c(cnc4cc(OC)c(OC)cc43)c(N)n2)c1. The molecular formula is C28H36N6O5. The number of pyridine rings is 3. The van der Waals surface area contributed by atoms with Gasteiger partial charge in [-0.2, -0.15) is 0 Å². The van der Waals surface area contributed by atoms with Crippen LogP contribution in [0.4, 0.5) is 5.82 Å². The van der Waals surface area contributed by atoms with Crippen molar-refractivity contribution in [2.24, 2.45) is 5.73 Å². The minimum Gasteiger partial charge on any atom is -0.493 e. The highest BCUT2D eigenvalue weighted by molar-refractivity contribution is 6.10. The first-order valence-corrected chi connectivity index (χ1v) is 12.6. The molecule has 39 heavy (non-hydrogen) atoms. The lowest BCUT2D eigenvalue weighted by atomic mass is 10.0. The summed E-state index contributed by atoms with van der Waals surface area (Å²) >= 11 is 0. The summed E-state index contributed by atoms with van der Waals surface area (Å²) < 4.78 is 27.4. The molecule has 4 aromatic rings. The van der Waals surface area contributed by atoms with Crippen LogP contribution in [0.15, 0.2) is 42.9 Å². The van der Waals surface area contributed by atoms with Gasteiger partial charge >= 0.3 is 0 Å². The number of methoxy groups -OCH3 is 4. The predicted molar refractivity (Wildman–Crippen MR) is 151 cm³/mol. The van der Waals surface area contributed by atoms with Crippen molar-refractivity contribution >= 4 is 27.5 Å². The van der Waals surface area contributed by atoms with Crippen LogP contribution in [0.5, 0.6) is 17.2 Å². The summed E-state index contributed by atoms with van der Waals surface area (Å²) in [7, 11) is 6.56. The Kier molecular flexibility index (Phi) is 9.66. The lowest BCUT2D eigenvalue weighted by Crippen LogP contribution is -2.43. The molecule has 0 unspecified atom stereocenters. The summed E-state index contributed by atoms with van der Waals surface area (Å²) in [6.45, 7) is 3.75. The standard InChI is InChI=1S/C28H36N6O5/c1-35-7-5-34(6-8-36-2)16-19(29)17-39-20-9-18(13-31-14-20)24-10-21-22-11-26(37-3)27(38-4)12-25(22)32-15-23(21)28(30)33-24/h9-15,19H,5-8,16-17,29H2,1-4H3,(H2,30,33)/t19-/m0/s1. The van der Waals surface area contributed by atoms with Gasteiger partial charge in [0.2, 0.25) is 0 Å². The molecule has 1 aromatic carbocycles. The van der Waals surface area contributed by atoms with Gasteiger partial charge in [0.25, 0.3) is 0 Å². The van der Waals surface area contributed by atoms with Crippen molar-refractivity contribution in [3.63, 3.8) is 0 Å². The van der Waals surface area contributed by atoms with Gasteiger partial charge in [0.15, 0.2) is 11.5 Å². The highest BCUT2D eigenvalue weighted by Gasteiger charge is 2.15. The summed E-state index contributed by atoms with van der Waals surface area (Å²) in [5, 5.41) is 2.51. The number of benzene rings is 1. The molecule has 3 heterocycles. The second kappa shape index (κ2) is 13.3. The number of nitrogens with zero attached hydrogens (tertiary/aromatic N) is 4. The van der Waals surface area contributed by atoms with E-state index in [2.05, 4.69) is 19.9 Å². The van der Waals surface area contributed by atoms with Crippen LogP contribution in [0.25, 0.3) is 32.9 Å². The molecule has 0 bridgehead atoms. The number of fused-ring (bicyclic) bond motifs is 3. The van der Waals surface area contributed by atoms with Gasteiger partial charge in [0.05, 0.1) is 50.9 Å². The van der Waals surface area contributed by atoms with E-state index in [9.17, 15) is 0 Å². The van der Waals surface area contributed by atoms with Gasteiger partial charge < -0.3 is 35.2 Å². The third-order valence-electron chi connectivity index (χ3n) is 6.40. The number of hydrogen-bond acceptors (Lipinski definition) is 11. The van der Waals surface area contributed by atoms with E-state index in [1.54, 1.807) is 47.0 Å². The smallest absolute Gasteiger partial charge is 0.162 e. The van der Waals surface area contributed by atoms with Crippen LogP contribution in [0.3, 0.4) is 0 Å². The fourth-order valence-electron chi connectivity index (χ4n) is 4.37. The number of anilines is 1.